The van der Waals surface area contributed by atoms with Crippen LogP contribution >= 0.6 is 11.8 Å². The fourth-order valence-corrected chi connectivity index (χ4v) is 5.68. The Labute approximate surface area is 126 Å². The largest absolute Gasteiger partial charge is 0.478 e. The molecule has 1 atom stereocenters. The summed E-state index contributed by atoms with van der Waals surface area (Å²) in [6.07, 6.45) is 1.52. The van der Waals surface area contributed by atoms with Crippen molar-refractivity contribution in [2.45, 2.75) is 23.8 Å². The average molecular weight is 327 g/mol. The Kier molecular flexibility index (Phi) is 3.45. The molecule has 1 saturated heterocycles. The molecule has 0 spiro atoms. The molecule has 1 N–H and O–H groups in total. The Morgan fingerprint density at radius 1 is 1.38 bits per heavy atom. The van der Waals surface area contributed by atoms with E-state index < -0.39 is 21.9 Å². The molecule has 0 saturated carbocycles. The Morgan fingerprint density at radius 2 is 2.14 bits per heavy atom. The minimum Gasteiger partial charge on any atom is -0.478 e. The molecule has 0 aliphatic carbocycles. The van der Waals surface area contributed by atoms with Crippen molar-refractivity contribution < 1.29 is 23.1 Å². The van der Waals surface area contributed by atoms with E-state index in [0.717, 1.165) is 22.5 Å². The lowest BCUT2D eigenvalue weighted by Gasteiger charge is -2.29. The zero-order chi connectivity index (χ0) is 15.2. The van der Waals surface area contributed by atoms with Crippen LogP contribution in [0.2, 0.25) is 0 Å². The van der Waals surface area contributed by atoms with Gasteiger partial charge in [0.15, 0.2) is 0 Å². The molecular weight excluding hydrogens is 314 g/mol. The van der Waals surface area contributed by atoms with Gasteiger partial charge >= 0.3 is 5.97 Å². The standard InChI is InChI=1S/C13H13NO5S2/c15-12-10-4-3-8(13(16)17)6-11(10)21(18,19)14(12)9-2-1-5-20-7-9/h3-4,6,9H,1-2,5,7H2,(H,16,17). The van der Waals surface area contributed by atoms with Crippen LogP contribution in [0.15, 0.2) is 23.1 Å². The van der Waals surface area contributed by atoms with Gasteiger partial charge in [-0.25, -0.2) is 17.5 Å². The number of nitrogens with zero attached hydrogens (tertiary/aromatic N) is 1. The second-order valence-electron chi connectivity index (χ2n) is 4.99. The number of benzene rings is 1. The van der Waals surface area contributed by atoms with Crippen molar-refractivity contribution in [1.29, 1.82) is 0 Å². The van der Waals surface area contributed by atoms with Crippen molar-refractivity contribution in [3.63, 3.8) is 0 Å². The summed E-state index contributed by atoms with van der Waals surface area (Å²) in [5.74, 6) is -0.207. The highest BCUT2D eigenvalue weighted by Gasteiger charge is 2.45. The molecule has 0 bridgehead atoms. The lowest BCUT2D eigenvalue weighted by atomic mass is 10.1. The Balaban J connectivity index is 2.08. The number of carboxylic acids is 1. The van der Waals surface area contributed by atoms with Gasteiger partial charge in [-0.3, -0.25) is 4.79 Å². The van der Waals surface area contributed by atoms with Gasteiger partial charge in [-0.2, -0.15) is 11.8 Å². The number of carbonyl (C=O) groups excluding carboxylic acids is 1. The molecule has 0 radical (unpaired) electrons. The van der Waals surface area contributed by atoms with Crippen LogP contribution in [-0.2, 0) is 10.0 Å². The molecule has 2 aliphatic heterocycles. The van der Waals surface area contributed by atoms with Crippen LogP contribution in [0.1, 0.15) is 33.6 Å². The van der Waals surface area contributed by atoms with Crippen LogP contribution in [0.3, 0.4) is 0 Å². The number of fused-ring (bicyclic) bond motifs is 1. The number of amides is 1. The Bertz CT molecular complexity index is 722. The molecule has 3 rings (SSSR count). The highest BCUT2D eigenvalue weighted by molar-refractivity contribution is 7.99. The van der Waals surface area contributed by atoms with E-state index in [2.05, 4.69) is 0 Å². The minimum absolute atomic E-state index is 0.0653. The van der Waals surface area contributed by atoms with Crippen molar-refractivity contribution in [3.05, 3.63) is 29.3 Å². The summed E-state index contributed by atoms with van der Waals surface area (Å²) < 4.78 is 26.1. The molecule has 8 heteroatoms. The quantitative estimate of drug-likeness (QED) is 0.883. The molecular formula is C13H13NO5S2. The smallest absolute Gasteiger partial charge is 0.335 e. The van der Waals surface area contributed by atoms with Crippen LogP contribution in [-0.4, -0.2) is 47.3 Å². The summed E-state index contributed by atoms with van der Waals surface area (Å²) in [7, 11) is -3.94. The normalized spacial score (nSPS) is 23.9. The zero-order valence-electron chi connectivity index (χ0n) is 11.0. The summed E-state index contributed by atoms with van der Waals surface area (Å²) in [4.78, 5) is 23.2. The van der Waals surface area contributed by atoms with E-state index in [1.54, 1.807) is 11.8 Å². The number of carboxylic acid groups (broad SMARTS) is 1. The molecule has 1 aromatic carbocycles. The monoisotopic (exact) mass is 327 g/mol. The lowest BCUT2D eigenvalue weighted by Crippen LogP contribution is -2.42. The number of sulfonamides is 1. The molecule has 2 heterocycles. The van der Waals surface area contributed by atoms with Gasteiger partial charge < -0.3 is 5.11 Å². The van der Waals surface area contributed by atoms with Crippen LogP contribution in [0, 0.1) is 0 Å². The third-order valence-corrected chi connectivity index (χ3v) is 6.74. The van der Waals surface area contributed by atoms with Gasteiger partial charge in [0.2, 0.25) is 0 Å². The van der Waals surface area contributed by atoms with Crippen LogP contribution < -0.4 is 0 Å². The van der Waals surface area contributed by atoms with Crippen molar-refractivity contribution in [3.8, 4) is 0 Å². The fourth-order valence-electron chi connectivity index (χ4n) is 2.65. The number of thioether (sulfide) groups is 1. The molecule has 21 heavy (non-hydrogen) atoms. The van der Waals surface area contributed by atoms with E-state index in [-0.39, 0.29) is 22.1 Å². The van der Waals surface area contributed by atoms with E-state index in [1.165, 1.54) is 12.1 Å². The van der Waals surface area contributed by atoms with Gasteiger partial charge in [-0.05, 0) is 36.8 Å². The SMILES string of the molecule is O=C(O)c1ccc2c(c1)S(=O)(=O)N(C1CCCSC1)C2=O. The van der Waals surface area contributed by atoms with Crippen molar-refractivity contribution in [2.75, 3.05) is 11.5 Å². The Morgan fingerprint density at radius 3 is 2.76 bits per heavy atom. The first kappa shape index (κ1) is 14.4. The molecule has 1 fully saturated rings. The van der Waals surface area contributed by atoms with Crippen LogP contribution in [0.25, 0.3) is 0 Å². The molecule has 0 aromatic heterocycles. The van der Waals surface area contributed by atoms with Crippen molar-refractivity contribution >= 4 is 33.7 Å². The second kappa shape index (κ2) is 5.03. The van der Waals surface area contributed by atoms with Gasteiger partial charge in [0, 0.05) is 5.75 Å². The van der Waals surface area contributed by atoms with Crippen molar-refractivity contribution in [1.82, 2.24) is 4.31 Å². The summed E-state index contributed by atoms with van der Waals surface area (Å²) >= 11 is 1.63. The number of hydrogen-bond acceptors (Lipinski definition) is 5. The summed E-state index contributed by atoms with van der Waals surface area (Å²) in [5.41, 5.74) is -0.0689. The third-order valence-electron chi connectivity index (χ3n) is 3.66. The number of aromatic carboxylic acids is 1. The molecule has 112 valence electrons. The van der Waals surface area contributed by atoms with E-state index >= 15 is 0 Å². The van der Waals surface area contributed by atoms with Gasteiger partial charge in [0.25, 0.3) is 15.9 Å². The number of carbonyl (C=O) groups is 2. The predicted molar refractivity (Wildman–Crippen MR) is 77.1 cm³/mol. The fraction of sp³-hybridized carbons (Fsp3) is 0.385. The van der Waals surface area contributed by atoms with E-state index in [0.29, 0.717) is 12.2 Å². The average Bonchev–Trinajstić information content (AvgIpc) is 2.66. The first-order chi connectivity index (χ1) is 9.93. The number of rotatable bonds is 2. The predicted octanol–water partition coefficient (Wildman–Crippen LogP) is 1.42. The second-order valence-corrected chi connectivity index (χ2v) is 7.93. The number of hydrogen-bond donors (Lipinski definition) is 1. The Hall–Kier alpha value is -1.54. The first-order valence-electron chi connectivity index (χ1n) is 6.47. The summed E-state index contributed by atoms with van der Waals surface area (Å²) in [5, 5.41) is 8.97. The maximum atomic E-state index is 12.6. The van der Waals surface area contributed by atoms with Crippen LogP contribution in [0.5, 0.6) is 0 Å². The summed E-state index contributed by atoms with van der Waals surface area (Å²) in [6, 6.07) is 3.27. The summed E-state index contributed by atoms with van der Waals surface area (Å²) in [6.45, 7) is 0. The highest BCUT2D eigenvalue weighted by atomic mass is 32.2. The molecule has 1 amide bonds. The van der Waals surface area contributed by atoms with Gasteiger partial charge in [-0.1, -0.05) is 0 Å². The van der Waals surface area contributed by atoms with E-state index in [4.69, 9.17) is 5.11 Å². The maximum absolute atomic E-state index is 12.6. The first-order valence-corrected chi connectivity index (χ1v) is 9.06. The minimum atomic E-state index is -3.94. The zero-order valence-corrected chi connectivity index (χ0v) is 12.6. The topological polar surface area (TPSA) is 91.8 Å². The molecule has 6 nitrogen and oxygen atoms in total. The van der Waals surface area contributed by atoms with Gasteiger partial charge in [-0.15, -0.1) is 0 Å². The molecule has 1 unspecified atom stereocenters. The molecule has 1 aromatic rings. The maximum Gasteiger partial charge on any atom is 0.335 e. The van der Waals surface area contributed by atoms with E-state index in [9.17, 15) is 18.0 Å². The van der Waals surface area contributed by atoms with Crippen molar-refractivity contribution in [2.24, 2.45) is 0 Å². The van der Waals surface area contributed by atoms with Gasteiger partial charge in [0.1, 0.15) is 4.90 Å². The highest BCUT2D eigenvalue weighted by Crippen LogP contribution is 2.36. The van der Waals surface area contributed by atoms with Crippen LogP contribution in [0.4, 0.5) is 0 Å². The van der Waals surface area contributed by atoms with E-state index in [1.807, 2.05) is 0 Å². The molecule has 2 aliphatic rings. The lowest BCUT2D eigenvalue weighted by molar-refractivity contribution is 0.0695. The third kappa shape index (κ3) is 2.22. The van der Waals surface area contributed by atoms with Gasteiger partial charge in [0.05, 0.1) is 17.2 Å².